The summed E-state index contributed by atoms with van der Waals surface area (Å²) < 4.78 is 64.6. The predicted octanol–water partition coefficient (Wildman–Crippen LogP) is 2.91. The van der Waals surface area contributed by atoms with Crippen LogP contribution in [0.1, 0.15) is 36.8 Å². The van der Waals surface area contributed by atoms with E-state index in [0.29, 0.717) is 24.8 Å². The van der Waals surface area contributed by atoms with E-state index in [1.54, 1.807) is 0 Å². The minimum atomic E-state index is -4.49. The summed E-state index contributed by atoms with van der Waals surface area (Å²) in [6.45, 7) is -0.303. The molecule has 1 aromatic rings. The molecule has 1 aromatic carbocycles. The first-order valence-corrected chi connectivity index (χ1v) is 10.8. The Hall–Kier alpha value is -2.72. The first kappa shape index (κ1) is 23.4. The van der Waals surface area contributed by atoms with Gasteiger partial charge in [-0.1, -0.05) is 12.1 Å². The Balaban J connectivity index is 1.54. The van der Waals surface area contributed by atoms with Crippen molar-refractivity contribution in [3.05, 3.63) is 35.4 Å². The molecule has 3 aliphatic rings. The van der Waals surface area contributed by atoms with Crippen LogP contribution in [0, 0.1) is 5.92 Å². The standard InChI is InChI=1S/C22H24F5N3O3/c23-19(24)15-3-7-17(8-4-15)29-10-18(32)30(21(20(29)33)11-28(12-21)13-31)9-14-1-5-16(6-2-14)22(25,26)27/h1-2,5-6,13,15,17,19H,3-4,7-12H2. The number of nitrogens with zero attached hydrogens (tertiary/aromatic N) is 3. The smallest absolute Gasteiger partial charge is 0.339 e. The number of rotatable bonds is 5. The summed E-state index contributed by atoms with van der Waals surface area (Å²) in [7, 11) is 0. The Kier molecular flexibility index (Phi) is 6.09. The lowest BCUT2D eigenvalue weighted by Crippen LogP contribution is -2.80. The fraction of sp³-hybridized carbons (Fsp3) is 0.591. The fourth-order valence-electron chi connectivity index (χ4n) is 5.11. The molecule has 3 fully saturated rings. The number of benzene rings is 1. The molecule has 1 aliphatic carbocycles. The van der Waals surface area contributed by atoms with Crippen molar-refractivity contribution in [2.45, 2.75) is 56.4 Å². The van der Waals surface area contributed by atoms with E-state index in [0.717, 1.165) is 12.1 Å². The lowest BCUT2D eigenvalue weighted by atomic mass is 9.80. The van der Waals surface area contributed by atoms with Crippen LogP contribution in [0.4, 0.5) is 22.0 Å². The van der Waals surface area contributed by atoms with Crippen molar-refractivity contribution in [2.75, 3.05) is 19.6 Å². The zero-order valence-electron chi connectivity index (χ0n) is 17.7. The van der Waals surface area contributed by atoms with E-state index in [2.05, 4.69) is 0 Å². The molecule has 0 radical (unpaired) electrons. The summed E-state index contributed by atoms with van der Waals surface area (Å²) in [6.07, 6.45) is -5.04. The molecular weight excluding hydrogens is 449 g/mol. The van der Waals surface area contributed by atoms with E-state index in [9.17, 15) is 36.3 Å². The lowest BCUT2D eigenvalue weighted by Gasteiger charge is -2.58. The van der Waals surface area contributed by atoms with E-state index in [1.165, 1.54) is 26.8 Å². The van der Waals surface area contributed by atoms with Gasteiger partial charge >= 0.3 is 6.18 Å². The zero-order valence-corrected chi connectivity index (χ0v) is 17.7. The Morgan fingerprint density at radius 1 is 1.03 bits per heavy atom. The molecule has 0 unspecified atom stereocenters. The van der Waals surface area contributed by atoms with Gasteiger partial charge < -0.3 is 14.7 Å². The van der Waals surface area contributed by atoms with Crippen molar-refractivity contribution < 1.29 is 36.3 Å². The predicted molar refractivity (Wildman–Crippen MR) is 106 cm³/mol. The van der Waals surface area contributed by atoms with Gasteiger partial charge in [0.2, 0.25) is 18.7 Å². The second-order valence-corrected chi connectivity index (χ2v) is 9.05. The summed E-state index contributed by atoms with van der Waals surface area (Å²) in [5, 5.41) is 0. The van der Waals surface area contributed by atoms with Crippen LogP contribution in [0.15, 0.2) is 24.3 Å². The molecule has 0 aromatic heterocycles. The largest absolute Gasteiger partial charge is 0.416 e. The van der Waals surface area contributed by atoms with Gasteiger partial charge in [0, 0.05) is 18.5 Å². The Bertz CT molecular complexity index is 907. The summed E-state index contributed by atoms with van der Waals surface area (Å²) in [5.74, 6) is -1.43. The molecule has 33 heavy (non-hydrogen) atoms. The molecule has 1 spiro atoms. The second kappa shape index (κ2) is 8.57. The highest BCUT2D eigenvalue weighted by Crippen LogP contribution is 2.39. The Morgan fingerprint density at radius 3 is 2.15 bits per heavy atom. The van der Waals surface area contributed by atoms with Gasteiger partial charge in [-0.05, 0) is 43.4 Å². The average molecular weight is 473 g/mol. The highest BCUT2D eigenvalue weighted by Gasteiger charge is 2.60. The third kappa shape index (κ3) is 4.29. The maximum atomic E-state index is 13.5. The number of alkyl halides is 5. The van der Waals surface area contributed by atoms with Crippen LogP contribution in [-0.4, -0.2) is 70.6 Å². The quantitative estimate of drug-likeness (QED) is 0.488. The molecule has 180 valence electrons. The first-order valence-electron chi connectivity index (χ1n) is 10.8. The normalized spacial score (nSPS) is 25.6. The summed E-state index contributed by atoms with van der Waals surface area (Å²) >= 11 is 0. The Morgan fingerprint density at radius 2 is 1.64 bits per heavy atom. The molecule has 3 amide bonds. The van der Waals surface area contributed by atoms with Gasteiger partial charge in [-0.3, -0.25) is 14.4 Å². The molecule has 0 bridgehead atoms. The molecule has 2 saturated heterocycles. The number of amides is 3. The molecular formula is C22H24F5N3O3. The molecule has 0 atom stereocenters. The minimum absolute atomic E-state index is 0.00934. The lowest BCUT2D eigenvalue weighted by molar-refractivity contribution is -0.183. The third-order valence-electron chi connectivity index (χ3n) is 7.02. The van der Waals surface area contributed by atoms with Crippen molar-refractivity contribution in [1.82, 2.24) is 14.7 Å². The van der Waals surface area contributed by atoms with E-state index in [4.69, 9.17) is 0 Å². The number of halogens is 5. The van der Waals surface area contributed by atoms with Gasteiger partial charge in [0.05, 0.1) is 18.7 Å². The summed E-state index contributed by atoms with van der Waals surface area (Å²) in [5.41, 5.74) is -1.68. The van der Waals surface area contributed by atoms with Crippen LogP contribution in [-0.2, 0) is 27.1 Å². The number of carbonyl (C=O) groups is 3. The van der Waals surface area contributed by atoms with E-state index in [-0.39, 0.29) is 56.9 Å². The van der Waals surface area contributed by atoms with E-state index in [1.807, 2.05) is 0 Å². The highest BCUT2D eigenvalue weighted by molar-refractivity contribution is 6.00. The molecule has 1 saturated carbocycles. The van der Waals surface area contributed by atoms with E-state index >= 15 is 0 Å². The van der Waals surface area contributed by atoms with Crippen LogP contribution >= 0.6 is 0 Å². The first-order chi connectivity index (χ1) is 15.5. The minimum Gasteiger partial charge on any atom is -0.339 e. The number of carbonyl (C=O) groups excluding carboxylic acids is 3. The van der Waals surface area contributed by atoms with Gasteiger partial charge in [-0.2, -0.15) is 13.2 Å². The third-order valence-corrected chi connectivity index (χ3v) is 7.02. The fourth-order valence-corrected chi connectivity index (χ4v) is 5.11. The van der Waals surface area contributed by atoms with Crippen molar-refractivity contribution >= 4 is 18.2 Å². The van der Waals surface area contributed by atoms with E-state index < -0.39 is 29.6 Å². The molecule has 0 N–H and O–H groups in total. The second-order valence-electron chi connectivity index (χ2n) is 9.05. The average Bonchev–Trinajstić information content (AvgIpc) is 2.75. The summed E-state index contributed by atoms with van der Waals surface area (Å²) in [6, 6.07) is 4.05. The van der Waals surface area contributed by atoms with Gasteiger partial charge in [-0.15, -0.1) is 0 Å². The van der Waals surface area contributed by atoms with Gasteiger partial charge in [0.25, 0.3) is 5.91 Å². The monoisotopic (exact) mass is 473 g/mol. The van der Waals surface area contributed by atoms with Crippen molar-refractivity contribution in [1.29, 1.82) is 0 Å². The molecule has 2 aliphatic heterocycles. The molecule has 6 nitrogen and oxygen atoms in total. The van der Waals surface area contributed by atoms with Crippen LogP contribution in [0.25, 0.3) is 0 Å². The highest BCUT2D eigenvalue weighted by atomic mass is 19.4. The van der Waals surface area contributed by atoms with Gasteiger partial charge in [0.1, 0.15) is 6.54 Å². The summed E-state index contributed by atoms with van der Waals surface area (Å²) in [4.78, 5) is 42.0. The molecule has 2 heterocycles. The topological polar surface area (TPSA) is 60.9 Å². The van der Waals surface area contributed by atoms with Gasteiger partial charge in [-0.25, -0.2) is 8.78 Å². The Labute approximate surface area is 187 Å². The van der Waals surface area contributed by atoms with Crippen LogP contribution in [0.3, 0.4) is 0 Å². The van der Waals surface area contributed by atoms with Crippen LogP contribution < -0.4 is 0 Å². The SMILES string of the molecule is O=CN1CC2(C1)C(=O)N(C1CCC(C(F)F)CC1)CC(=O)N2Cc1ccc(C(F)(F)F)cc1. The maximum absolute atomic E-state index is 13.5. The van der Waals surface area contributed by atoms with Crippen molar-refractivity contribution in [3.8, 4) is 0 Å². The number of hydrogen-bond acceptors (Lipinski definition) is 3. The molecule has 11 heteroatoms. The number of piperazine rings is 1. The number of hydrogen-bond donors (Lipinski definition) is 0. The van der Waals surface area contributed by atoms with Crippen LogP contribution in [0.5, 0.6) is 0 Å². The molecule has 4 rings (SSSR count). The van der Waals surface area contributed by atoms with Crippen molar-refractivity contribution in [3.63, 3.8) is 0 Å². The van der Waals surface area contributed by atoms with Gasteiger partial charge in [0.15, 0.2) is 5.54 Å². The van der Waals surface area contributed by atoms with Crippen LogP contribution in [0.2, 0.25) is 0 Å². The zero-order chi connectivity index (χ0) is 24.0. The number of likely N-dealkylation sites (tertiary alicyclic amines) is 1. The van der Waals surface area contributed by atoms with Crippen molar-refractivity contribution in [2.24, 2.45) is 5.92 Å². The maximum Gasteiger partial charge on any atom is 0.416 e.